The van der Waals surface area contributed by atoms with Gasteiger partial charge < -0.3 is 24.6 Å². The largest absolute Gasteiger partial charge is 0.416 e. The number of hydrogen-bond donors (Lipinski definition) is 1. The zero-order valence-corrected chi connectivity index (χ0v) is 30.3. The molecule has 1 N–H and O–H groups in total. The number of anilines is 2. The van der Waals surface area contributed by atoms with Crippen molar-refractivity contribution in [2.24, 2.45) is 0 Å². The molecule has 4 rings (SSSR count). The van der Waals surface area contributed by atoms with Gasteiger partial charge in [-0.2, -0.15) is 26.3 Å². The molecule has 0 saturated carbocycles. The molecule has 2 heterocycles. The fraction of sp³-hybridized carbons (Fsp3) is 0.526. The van der Waals surface area contributed by atoms with E-state index in [9.17, 15) is 35.5 Å². The quantitative estimate of drug-likeness (QED) is 0.132. The third-order valence-corrected chi connectivity index (χ3v) is 9.27. The van der Waals surface area contributed by atoms with Crippen molar-refractivity contribution in [3.8, 4) is 11.1 Å². The molecule has 1 aromatic heterocycles. The van der Waals surface area contributed by atoms with Gasteiger partial charge in [0.15, 0.2) is 0 Å². The van der Waals surface area contributed by atoms with Crippen LogP contribution in [-0.2, 0) is 32.0 Å². The van der Waals surface area contributed by atoms with Crippen molar-refractivity contribution in [3.05, 3.63) is 76.7 Å². The number of amides is 1. The number of likely N-dealkylation sites (N-methyl/N-ethyl adjacent to an activating group) is 1. The monoisotopic (exact) mass is 740 g/mol. The van der Waals surface area contributed by atoms with Gasteiger partial charge in [0.1, 0.15) is 11.6 Å². The average Bonchev–Trinajstić information content (AvgIpc) is 3.08. The summed E-state index contributed by atoms with van der Waals surface area (Å²) in [6.45, 7) is 11.5. The lowest BCUT2D eigenvalue weighted by atomic mass is 9.81. The molecule has 0 spiro atoms. The van der Waals surface area contributed by atoms with E-state index in [1.807, 2.05) is 6.92 Å². The van der Waals surface area contributed by atoms with Gasteiger partial charge in [-0.05, 0) is 86.7 Å². The molecule has 1 saturated heterocycles. The van der Waals surface area contributed by atoms with E-state index in [0.717, 1.165) is 19.3 Å². The molecule has 286 valence electrons. The molecule has 0 aliphatic carbocycles. The Kier molecular flexibility index (Phi) is 13.4. The van der Waals surface area contributed by atoms with E-state index >= 15 is 0 Å². The molecular formula is C38H47F7N4O3. The average molecular weight is 741 g/mol. The first-order valence-corrected chi connectivity index (χ1v) is 17.4. The van der Waals surface area contributed by atoms with Crippen LogP contribution >= 0.6 is 0 Å². The maximum atomic E-state index is 14.3. The molecule has 1 aliphatic rings. The number of benzene rings is 2. The summed E-state index contributed by atoms with van der Waals surface area (Å²) in [5.41, 5.74) is -3.55. The van der Waals surface area contributed by atoms with Crippen molar-refractivity contribution in [1.29, 1.82) is 0 Å². The predicted molar refractivity (Wildman–Crippen MR) is 187 cm³/mol. The number of rotatable bonds is 14. The molecule has 0 bridgehead atoms. The molecule has 7 nitrogen and oxygen atoms in total. The molecule has 2 aromatic carbocycles. The second-order valence-corrected chi connectivity index (χ2v) is 13.7. The maximum Gasteiger partial charge on any atom is 0.416 e. The maximum absolute atomic E-state index is 14.3. The lowest BCUT2D eigenvalue weighted by Gasteiger charge is -2.41. The van der Waals surface area contributed by atoms with Crippen LogP contribution in [0.4, 0.5) is 42.2 Å². The minimum Gasteiger partial charge on any atom is -0.380 e. The standard InChI is InChI=1S/C38H47F7N4O3/c1-7-9-13-52-23-30-19-46-29(22-51-12-8-2)21-49(30)34-18-32(31-11-10-28(39)14-24(31)3)33(20-47-34)48(6)35(50)36(4,5)25-15-26(37(40,41)42)17-27(16-25)38(43,44)45/h10-11,14-18,20,29-30,46H,7-9,12-13,19,21-23H2,1-6H3/t29-,30-/m0/s1. The molecule has 0 radical (unpaired) electrons. The molecule has 52 heavy (non-hydrogen) atoms. The van der Waals surface area contributed by atoms with E-state index in [4.69, 9.17) is 14.5 Å². The summed E-state index contributed by atoms with van der Waals surface area (Å²) in [5.74, 6) is -0.719. The second-order valence-electron chi connectivity index (χ2n) is 13.7. The van der Waals surface area contributed by atoms with E-state index in [1.165, 1.54) is 44.1 Å². The van der Waals surface area contributed by atoms with Gasteiger partial charge >= 0.3 is 12.4 Å². The summed E-state index contributed by atoms with van der Waals surface area (Å²) in [7, 11) is 1.39. The van der Waals surface area contributed by atoms with Crippen LogP contribution < -0.4 is 15.1 Å². The van der Waals surface area contributed by atoms with E-state index in [-0.39, 0.29) is 23.8 Å². The van der Waals surface area contributed by atoms with Crippen molar-refractivity contribution in [3.63, 3.8) is 0 Å². The Morgan fingerprint density at radius 1 is 0.904 bits per heavy atom. The highest BCUT2D eigenvalue weighted by Crippen LogP contribution is 2.41. The van der Waals surface area contributed by atoms with Gasteiger partial charge in [0.2, 0.25) is 5.91 Å². The van der Waals surface area contributed by atoms with Crippen molar-refractivity contribution in [1.82, 2.24) is 10.3 Å². The number of aryl methyl sites for hydroxylation is 1. The number of piperazine rings is 1. The van der Waals surface area contributed by atoms with Gasteiger partial charge in [-0.1, -0.05) is 26.3 Å². The number of aromatic nitrogens is 1. The van der Waals surface area contributed by atoms with Crippen molar-refractivity contribution in [2.75, 3.05) is 56.4 Å². The highest BCUT2D eigenvalue weighted by molar-refractivity contribution is 6.03. The van der Waals surface area contributed by atoms with Crippen LogP contribution in [0.2, 0.25) is 0 Å². The normalized spacial score (nSPS) is 17.1. The van der Waals surface area contributed by atoms with Gasteiger partial charge in [-0.3, -0.25) is 4.79 Å². The Morgan fingerprint density at radius 3 is 2.13 bits per heavy atom. The van der Waals surface area contributed by atoms with Crippen molar-refractivity contribution >= 4 is 17.4 Å². The summed E-state index contributed by atoms with van der Waals surface area (Å²) in [6, 6.07) is 6.96. The number of ether oxygens (including phenoxy) is 2. The Morgan fingerprint density at radius 2 is 1.54 bits per heavy atom. The Labute approximate surface area is 300 Å². The van der Waals surface area contributed by atoms with E-state index in [1.54, 1.807) is 19.1 Å². The molecule has 14 heteroatoms. The lowest BCUT2D eigenvalue weighted by molar-refractivity contribution is -0.143. The molecular weight excluding hydrogens is 693 g/mol. The Bertz CT molecular complexity index is 1650. The van der Waals surface area contributed by atoms with Crippen LogP contribution in [0.25, 0.3) is 11.1 Å². The number of alkyl halides is 6. The highest BCUT2D eigenvalue weighted by Gasteiger charge is 2.41. The van der Waals surface area contributed by atoms with Gasteiger partial charge in [0, 0.05) is 45.0 Å². The number of carbonyl (C=O) groups is 1. The minimum absolute atomic E-state index is 0.0323. The van der Waals surface area contributed by atoms with Crippen LogP contribution in [-0.4, -0.2) is 69.5 Å². The number of halogens is 7. The van der Waals surface area contributed by atoms with Crippen LogP contribution in [0, 0.1) is 12.7 Å². The lowest BCUT2D eigenvalue weighted by Crippen LogP contribution is -2.59. The first kappa shape index (κ1) is 41.0. The van der Waals surface area contributed by atoms with Crippen LogP contribution in [0.1, 0.15) is 69.2 Å². The van der Waals surface area contributed by atoms with Crippen molar-refractivity contribution in [2.45, 2.75) is 83.7 Å². The first-order chi connectivity index (χ1) is 24.4. The molecule has 3 aromatic rings. The SMILES string of the molecule is CCCCOC[C@@H]1CN[C@H](COCCC)CN1c1cc(-c2ccc(F)cc2C)c(N(C)C(=O)C(C)(C)c2cc(C(F)(F)F)cc(C(F)(F)F)c2)cn1. The number of unbranched alkanes of at least 4 members (excludes halogenated alkanes) is 1. The van der Waals surface area contributed by atoms with Crippen LogP contribution in [0.5, 0.6) is 0 Å². The van der Waals surface area contributed by atoms with Gasteiger partial charge in [-0.15, -0.1) is 0 Å². The van der Waals surface area contributed by atoms with Crippen LogP contribution in [0.15, 0.2) is 48.7 Å². The van der Waals surface area contributed by atoms with Gasteiger partial charge in [-0.25, -0.2) is 9.37 Å². The molecule has 1 aliphatic heterocycles. The summed E-state index contributed by atoms with van der Waals surface area (Å²) < 4.78 is 109. The smallest absolute Gasteiger partial charge is 0.380 e. The summed E-state index contributed by atoms with van der Waals surface area (Å²) in [6.07, 6.45) is -5.96. The molecule has 2 atom stereocenters. The molecule has 1 amide bonds. The van der Waals surface area contributed by atoms with Crippen molar-refractivity contribution < 1.29 is 45.0 Å². The zero-order valence-electron chi connectivity index (χ0n) is 30.3. The number of nitrogens with zero attached hydrogens (tertiary/aromatic N) is 3. The summed E-state index contributed by atoms with van der Waals surface area (Å²) >= 11 is 0. The zero-order chi connectivity index (χ0) is 38.4. The second kappa shape index (κ2) is 16.9. The molecule has 1 fully saturated rings. The summed E-state index contributed by atoms with van der Waals surface area (Å²) in [4.78, 5) is 22.2. The Balaban J connectivity index is 1.80. The summed E-state index contributed by atoms with van der Waals surface area (Å²) in [5, 5.41) is 3.52. The van der Waals surface area contributed by atoms with E-state index in [2.05, 4.69) is 17.1 Å². The fourth-order valence-electron chi connectivity index (χ4n) is 6.22. The predicted octanol–water partition coefficient (Wildman–Crippen LogP) is 8.56. The number of pyridine rings is 1. The number of hydrogen-bond acceptors (Lipinski definition) is 6. The highest BCUT2D eigenvalue weighted by atomic mass is 19.4. The fourth-order valence-corrected chi connectivity index (χ4v) is 6.22. The topological polar surface area (TPSA) is 66.9 Å². The first-order valence-electron chi connectivity index (χ1n) is 17.4. The third kappa shape index (κ3) is 9.81. The van der Waals surface area contributed by atoms with E-state index in [0.29, 0.717) is 74.2 Å². The minimum atomic E-state index is -5.09. The van der Waals surface area contributed by atoms with Gasteiger partial charge in [0.05, 0.1) is 47.7 Å². The number of carbonyl (C=O) groups excluding carboxylic acids is 1. The third-order valence-electron chi connectivity index (χ3n) is 9.27. The molecule has 0 unspecified atom stereocenters. The van der Waals surface area contributed by atoms with Crippen LogP contribution in [0.3, 0.4) is 0 Å². The van der Waals surface area contributed by atoms with E-state index < -0.39 is 46.2 Å². The Hall–Kier alpha value is -3.75. The number of nitrogens with one attached hydrogen (secondary N) is 1. The van der Waals surface area contributed by atoms with Gasteiger partial charge in [0.25, 0.3) is 0 Å².